The Balaban J connectivity index is 0.000000218. The van der Waals surface area contributed by atoms with Crippen LogP contribution in [0.4, 0.5) is 0 Å². The Morgan fingerprint density at radius 2 is 1.97 bits per heavy atom. The molecule has 1 aliphatic carbocycles. The Kier molecular flexibility index (Phi) is 8.19. The third-order valence-electron chi connectivity index (χ3n) is 6.65. The number of aliphatic hydroxyl groups excluding tert-OH is 6. The summed E-state index contributed by atoms with van der Waals surface area (Å²) in [6, 6.07) is 4.16. The first kappa shape index (κ1) is 26.4. The number of aliphatic hydroxyl groups is 6. The average Bonchev–Trinajstić information content (AvgIpc) is 3.08. The molecule has 1 spiro atoms. The van der Waals surface area contributed by atoms with Crippen molar-refractivity contribution < 1.29 is 50.0 Å². The monoisotopic (exact) mass is 483 g/mol. The molecule has 1 aromatic rings. The molecule has 0 saturated heterocycles. The van der Waals surface area contributed by atoms with Crippen LogP contribution >= 0.6 is 0 Å². The molecule has 0 saturated carbocycles. The van der Waals surface area contributed by atoms with Gasteiger partial charge in [0.2, 0.25) is 0 Å². The van der Waals surface area contributed by atoms with Crippen LogP contribution in [0.3, 0.4) is 0 Å². The van der Waals surface area contributed by atoms with E-state index in [1.54, 1.807) is 7.11 Å². The summed E-state index contributed by atoms with van der Waals surface area (Å²) in [6.45, 7) is 1.11. The first-order valence-electron chi connectivity index (χ1n) is 11.0. The zero-order valence-electron chi connectivity index (χ0n) is 19.1. The van der Waals surface area contributed by atoms with E-state index in [1.165, 1.54) is 11.1 Å². The molecule has 0 unspecified atom stereocenters. The molecule has 0 bridgehead atoms. The van der Waals surface area contributed by atoms with Crippen molar-refractivity contribution >= 4 is 5.97 Å². The van der Waals surface area contributed by atoms with Crippen molar-refractivity contribution in [1.82, 2.24) is 4.90 Å². The smallest absolute Gasteiger partial charge is 0.335 e. The quantitative estimate of drug-likeness (QED) is 0.231. The molecule has 0 aromatic heterocycles. The van der Waals surface area contributed by atoms with Crippen molar-refractivity contribution in [2.45, 2.75) is 61.4 Å². The van der Waals surface area contributed by atoms with Gasteiger partial charge in [-0.05, 0) is 31.6 Å². The molecular weight excluding hydrogens is 450 g/mol. The summed E-state index contributed by atoms with van der Waals surface area (Å²) in [6.07, 6.45) is -2.46. The first-order valence-corrected chi connectivity index (χ1v) is 11.0. The van der Waals surface area contributed by atoms with Gasteiger partial charge in [-0.1, -0.05) is 18.2 Å². The Hall–Kier alpha value is -2.25. The van der Waals surface area contributed by atoms with Gasteiger partial charge in [0.05, 0.1) is 25.2 Å². The molecule has 190 valence electrons. The predicted molar refractivity (Wildman–Crippen MR) is 119 cm³/mol. The summed E-state index contributed by atoms with van der Waals surface area (Å²) >= 11 is 0. The highest BCUT2D eigenvalue weighted by atomic mass is 16.5. The number of ether oxygens (including phenoxy) is 2. The maximum Gasteiger partial charge on any atom is 0.335 e. The highest BCUT2D eigenvalue weighted by molar-refractivity contribution is 5.72. The zero-order valence-corrected chi connectivity index (χ0v) is 19.1. The molecule has 11 nitrogen and oxygen atoms in total. The lowest BCUT2D eigenvalue weighted by Crippen LogP contribution is -2.48. The van der Waals surface area contributed by atoms with E-state index in [4.69, 9.17) is 40.1 Å². The summed E-state index contributed by atoms with van der Waals surface area (Å²) in [5.74, 6) is -0.0410. The standard InChI is InChI=1S/C17H21NO3.C6H12O7/c1-18-8-7-17-6-5-12(19)9-14(17)21-16-13(20-2)4-3-11(10-18)15(16)17;7-1-2(8)3(9)4(10)5(11)6(12)13/h3-6,12,14,19H,7-10H2,1-2H3;2-5,7-11H,1H2,(H,12,13)/t12-,14-,17-;2-,3+,4+,5+/m01/s1. The number of benzene rings is 1. The minimum Gasteiger partial charge on any atom is -0.493 e. The maximum absolute atomic E-state index is 10.1. The average molecular weight is 484 g/mol. The van der Waals surface area contributed by atoms with Crippen LogP contribution in [0.1, 0.15) is 24.0 Å². The summed E-state index contributed by atoms with van der Waals surface area (Å²) in [4.78, 5) is 12.4. The molecule has 7 N–H and O–H groups in total. The van der Waals surface area contributed by atoms with Gasteiger partial charge in [0.25, 0.3) is 0 Å². The highest BCUT2D eigenvalue weighted by Gasteiger charge is 2.52. The third kappa shape index (κ3) is 4.91. The number of carboxylic acid groups (broad SMARTS) is 1. The van der Waals surface area contributed by atoms with Crippen molar-refractivity contribution in [3.05, 3.63) is 35.4 Å². The molecule has 3 aliphatic rings. The van der Waals surface area contributed by atoms with E-state index in [0.717, 1.165) is 31.0 Å². The van der Waals surface area contributed by atoms with Crippen molar-refractivity contribution in [2.75, 3.05) is 27.3 Å². The fraction of sp³-hybridized carbons (Fsp3) is 0.609. The Morgan fingerprint density at radius 3 is 2.59 bits per heavy atom. The summed E-state index contributed by atoms with van der Waals surface area (Å²) in [7, 11) is 3.84. The third-order valence-corrected chi connectivity index (χ3v) is 6.65. The van der Waals surface area contributed by atoms with E-state index < -0.39 is 43.1 Å². The minimum absolute atomic E-state index is 0.00838. The van der Waals surface area contributed by atoms with Crippen LogP contribution in [-0.4, -0.2) is 111 Å². The minimum atomic E-state index is -2.20. The van der Waals surface area contributed by atoms with Crippen LogP contribution in [0.5, 0.6) is 11.5 Å². The van der Waals surface area contributed by atoms with Gasteiger partial charge >= 0.3 is 5.97 Å². The van der Waals surface area contributed by atoms with Crippen molar-refractivity contribution in [3.8, 4) is 11.5 Å². The second kappa shape index (κ2) is 10.6. The first-order chi connectivity index (χ1) is 16.0. The van der Waals surface area contributed by atoms with Gasteiger partial charge in [-0.25, -0.2) is 4.79 Å². The molecular formula is C23H33NO10. The number of nitrogens with zero attached hydrogens (tertiary/aromatic N) is 1. The topological polar surface area (TPSA) is 180 Å². The van der Waals surface area contributed by atoms with E-state index in [2.05, 4.69) is 24.1 Å². The van der Waals surface area contributed by atoms with Gasteiger partial charge in [0, 0.05) is 18.5 Å². The molecule has 4 rings (SSSR count). The molecule has 1 aromatic carbocycles. The van der Waals surface area contributed by atoms with Gasteiger partial charge in [0.15, 0.2) is 17.6 Å². The van der Waals surface area contributed by atoms with Gasteiger partial charge in [-0.3, -0.25) is 0 Å². The van der Waals surface area contributed by atoms with Crippen LogP contribution in [0.25, 0.3) is 0 Å². The molecule has 34 heavy (non-hydrogen) atoms. The normalized spacial score (nSPS) is 28.7. The number of hydrogen-bond acceptors (Lipinski definition) is 10. The van der Waals surface area contributed by atoms with Gasteiger partial charge in [0.1, 0.15) is 24.4 Å². The lowest BCUT2D eigenvalue weighted by molar-refractivity contribution is -0.164. The Labute approximate surface area is 197 Å². The van der Waals surface area contributed by atoms with E-state index in [0.29, 0.717) is 6.42 Å². The molecule has 7 atom stereocenters. The molecule has 0 fully saturated rings. The van der Waals surface area contributed by atoms with E-state index in [1.807, 2.05) is 12.1 Å². The SMILES string of the molecule is COc1ccc2c3c1O[C@H]1C[C@@H](O)C=C[C@@]31CCN(C)C2.O=C(O)[C@@H](O)[C@@H](O)[C@@H](O)[C@H](O)CO. The van der Waals surface area contributed by atoms with Crippen LogP contribution in [0, 0.1) is 0 Å². The Morgan fingerprint density at radius 1 is 1.26 bits per heavy atom. The summed E-state index contributed by atoms with van der Waals surface area (Å²) in [5, 5.41) is 61.8. The molecule has 2 aliphatic heterocycles. The van der Waals surface area contributed by atoms with E-state index >= 15 is 0 Å². The Bertz CT molecular complexity index is 908. The van der Waals surface area contributed by atoms with Crippen molar-refractivity contribution in [2.24, 2.45) is 0 Å². The lowest BCUT2D eigenvalue weighted by Gasteiger charge is -2.35. The van der Waals surface area contributed by atoms with E-state index in [9.17, 15) is 9.90 Å². The highest BCUT2D eigenvalue weighted by Crippen LogP contribution is 2.55. The fourth-order valence-corrected chi connectivity index (χ4v) is 4.75. The van der Waals surface area contributed by atoms with Crippen molar-refractivity contribution in [3.63, 3.8) is 0 Å². The fourth-order valence-electron chi connectivity index (χ4n) is 4.75. The van der Waals surface area contributed by atoms with Crippen molar-refractivity contribution in [1.29, 1.82) is 0 Å². The number of hydrogen-bond donors (Lipinski definition) is 7. The van der Waals surface area contributed by atoms with Crippen LogP contribution in [0.2, 0.25) is 0 Å². The lowest BCUT2D eigenvalue weighted by atomic mass is 9.69. The number of methoxy groups -OCH3 is 1. The number of carboxylic acids is 1. The van der Waals surface area contributed by atoms with Crippen LogP contribution in [0.15, 0.2) is 24.3 Å². The molecule has 2 heterocycles. The number of carbonyl (C=O) groups is 1. The van der Waals surface area contributed by atoms with Gasteiger partial charge in [-0.15, -0.1) is 0 Å². The number of rotatable bonds is 6. The number of aliphatic carboxylic acids is 1. The van der Waals surface area contributed by atoms with Gasteiger partial charge < -0.3 is 50.1 Å². The molecule has 0 radical (unpaired) electrons. The zero-order chi connectivity index (χ0) is 25.2. The van der Waals surface area contributed by atoms with Gasteiger partial charge in [-0.2, -0.15) is 0 Å². The van der Waals surface area contributed by atoms with E-state index in [-0.39, 0.29) is 11.5 Å². The largest absolute Gasteiger partial charge is 0.493 e. The predicted octanol–water partition coefficient (Wildman–Crippen LogP) is -1.64. The summed E-state index contributed by atoms with van der Waals surface area (Å²) < 4.78 is 11.8. The molecule has 11 heteroatoms. The second-order valence-corrected chi connectivity index (χ2v) is 8.94. The molecule has 0 amide bonds. The van der Waals surface area contributed by atoms with Crippen LogP contribution < -0.4 is 9.47 Å². The second-order valence-electron chi connectivity index (χ2n) is 8.94. The summed E-state index contributed by atoms with van der Waals surface area (Å²) in [5.41, 5.74) is 2.48. The van der Waals surface area contributed by atoms with Crippen LogP contribution in [-0.2, 0) is 16.8 Å². The maximum atomic E-state index is 10.1.